The zero-order chi connectivity index (χ0) is 15.1. The molecule has 0 aliphatic heterocycles. The molecule has 0 atom stereocenters. The summed E-state index contributed by atoms with van der Waals surface area (Å²) in [6.07, 6.45) is 0. The largest absolute Gasteiger partial charge is 0.320 e. The van der Waals surface area contributed by atoms with E-state index in [1.165, 1.54) is 10.4 Å². The molecule has 2 rings (SSSR count). The van der Waals surface area contributed by atoms with Gasteiger partial charge in [0, 0.05) is 29.6 Å². The number of benzene rings is 1. The van der Waals surface area contributed by atoms with E-state index in [0.29, 0.717) is 12.6 Å². The normalized spacial score (nSPS) is 10.7. The number of nitrogens with zero attached hydrogens (tertiary/aromatic N) is 1. The van der Waals surface area contributed by atoms with Crippen molar-refractivity contribution >= 4 is 11.3 Å². The van der Waals surface area contributed by atoms with E-state index in [-0.39, 0.29) is 0 Å². The van der Waals surface area contributed by atoms with Gasteiger partial charge >= 0.3 is 0 Å². The summed E-state index contributed by atoms with van der Waals surface area (Å²) < 4.78 is 0. The Labute approximate surface area is 131 Å². The molecule has 1 aromatic carbocycles. The molecule has 2 N–H and O–H groups in total. The first-order valence-electron chi connectivity index (χ1n) is 7.23. The Kier molecular flexibility index (Phi) is 6.01. The van der Waals surface area contributed by atoms with Gasteiger partial charge in [-0.3, -0.25) is 4.90 Å². The molecule has 0 saturated heterocycles. The number of hydrogen-bond donors (Lipinski definition) is 1. The standard InChI is InChI=1S/C18H22N2S/c1-15(2)20(14-18-9-5-11-21-18)13-17-7-3-6-16(12-17)8-4-10-19/h3,5-7,9,11-12,15H,10,13-14,19H2,1-2H3. The Morgan fingerprint density at radius 3 is 2.71 bits per heavy atom. The topological polar surface area (TPSA) is 29.3 Å². The molecule has 110 valence electrons. The maximum Gasteiger partial charge on any atom is 0.0555 e. The molecule has 0 spiro atoms. The van der Waals surface area contributed by atoms with Crippen LogP contribution in [0.2, 0.25) is 0 Å². The SMILES string of the molecule is CC(C)N(Cc1cccc(C#CCN)c1)Cc1cccs1. The summed E-state index contributed by atoms with van der Waals surface area (Å²) in [6.45, 7) is 6.82. The first kappa shape index (κ1) is 15.8. The molecule has 0 fully saturated rings. The lowest BCUT2D eigenvalue weighted by Gasteiger charge is -2.26. The molecule has 2 aromatic rings. The summed E-state index contributed by atoms with van der Waals surface area (Å²) >= 11 is 1.82. The van der Waals surface area contributed by atoms with Gasteiger partial charge in [-0.15, -0.1) is 11.3 Å². The monoisotopic (exact) mass is 298 g/mol. The van der Waals surface area contributed by atoms with Gasteiger partial charge in [-0.2, -0.15) is 0 Å². The first-order valence-corrected chi connectivity index (χ1v) is 8.11. The van der Waals surface area contributed by atoms with Gasteiger partial charge in [0.05, 0.1) is 6.54 Å². The molecule has 0 radical (unpaired) electrons. The molecular formula is C18H22N2S. The lowest BCUT2D eigenvalue weighted by molar-refractivity contribution is 0.205. The zero-order valence-corrected chi connectivity index (χ0v) is 13.5. The van der Waals surface area contributed by atoms with Crippen LogP contribution in [0.3, 0.4) is 0 Å². The summed E-state index contributed by atoms with van der Waals surface area (Å²) in [5.41, 5.74) is 7.76. The molecule has 2 nitrogen and oxygen atoms in total. The average molecular weight is 298 g/mol. The van der Waals surface area contributed by atoms with E-state index in [1.807, 2.05) is 17.4 Å². The van der Waals surface area contributed by atoms with Gasteiger partial charge < -0.3 is 5.73 Å². The maximum atomic E-state index is 5.43. The van der Waals surface area contributed by atoms with Crippen LogP contribution in [0.15, 0.2) is 41.8 Å². The third kappa shape index (κ3) is 5.02. The molecular weight excluding hydrogens is 276 g/mol. The summed E-state index contributed by atoms with van der Waals surface area (Å²) in [6, 6.07) is 13.2. The molecule has 1 heterocycles. The summed E-state index contributed by atoms with van der Waals surface area (Å²) in [5.74, 6) is 6.01. The molecule has 21 heavy (non-hydrogen) atoms. The molecule has 0 aliphatic rings. The van der Waals surface area contributed by atoms with Crippen molar-refractivity contribution in [3.63, 3.8) is 0 Å². The summed E-state index contributed by atoms with van der Waals surface area (Å²) in [4.78, 5) is 3.88. The minimum absolute atomic E-state index is 0.403. The van der Waals surface area contributed by atoms with E-state index in [4.69, 9.17) is 5.73 Å². The Bertz CT molecular complexity index is 606. The highest BCUT2D eigenvalue weighted by atomic mass is 32.1. The van der Waals surface area contributed by atoms with E-state index in [0.717, 1.165) is 18.7 Å². The summed E-state index contributed by atoms with van der Waals surface area (Å²) in [5, 5.41) is 2.14. The highest BCUT2D eigenvalue weighted by Gasteiger charge is 2.11. The Hall–Kier alpha value is -1.60. The van der Waals surface area contributed by atoms with Crippen molar-refractivity contribution < 1.29 is 0 Å². The fraction of sp³-hybridized carbons (Fsp3) is 0.333. The molecule has 3 heteroatoms. The predicted octanol–water partition coefficient (Wildman–Crippen LogP) is 3.47. The quantitative estimate of drug-likeness (QED) is 0.857. The minimum atomic E-state index is 0.403. The molecule has 1 aromatic heterocycles. The van der Waals surface area contributed by atoms with Gasteiger partial charge in [-0.05, 0) is 43.0 Å². The number of hydrogen-bond acceptors (Lipinski definition) is 3. The van der Waals surface area contributed by atoms with Gasteiger partial charge in [0.15, 0.2) is 0 Å². The van der Waals surface area contributed by atoms with Crippen LogP contribution < -0.4 is 5.73 Å². The molecule has 0 amide bonds. The third-order valence-corrected chi connectivity index (χ3v) is 4.18. The van der Waals surface area contributed by atoms with Crippen LogP contribution in [-0.2, 0) is 13.1 Å². The second kappa shape index (κ2) is 7.99. The van der Waals surface area contributed by atoms with Crippen LogP contribution in [0.4, 0.5) is 0 Å². The zero-order valence-electron chi connectivity index (χ0n) is 12.7. The van der Waals surface area contributed by atoms with Crippen molar-refractivity contribution in [3.05, 3.63) is 57.8 Å². The highest BCUT2D eigenvalue weighted by molar-refractivity contribution is 7.09. The van der Waals surface area contributed by atoms with Gasteiger partial charge in [0.25, 0.3) is 0 Å². The van der Waals surface area contributed by atoms with Crippen LogP contribution in [0.5, 0.6) is 0 Å². The first-order chi connectivity index (χ1) is 10.2. The van der Waals surface area contributed by atoms with Crippen LogP contribution in [0, 0.1) is 11.8 Å². The summed E-state index contributed by atoms with van der Waals surface area (Å²) in [7, 11) is 0. The van der Waals surface area contributed by atoms with E-state index in [2.05, 4.69) is 66.3 Å². The van der Waals surface area contributed by atoms with Crippen LogP contribution in [-0.4, -0.2) is 17.5 Å². The molecule has 0 saturated carbocycles. The van der Waals surface area contributed by atoms with Gasteiger partial charge in [0.1, 0.15) is 0 Å². The molecule has 0 unspecified atom stereocenters. The van der Waals surface area contributed by atoms with E-state index < -0.39 is 0 Å². The lowest BCUT2D eigenvalue weighted by Crippen LogP contribution is -2.29. The second-order valence-electron chi connectivity index (χ2n) is 5.28. The Balaban J connectivity index is 2.09. The van der Waals surface area contributed by atoms with Gasteiger partial charge in [0.2, 0.25) is 0 Å². The van der Waals surface area contributed by atoms with Crippen molar-refractivity contribution in [3.8, 4) is 11.8 Å². The third-order valence-electron chi connectivity index (χ3n) is 3.32. The molecule has 0 aliphatic carbocycles. The van der Waals surface area contributed by atoms with Crippen molar-refractivity contribution in [2.24, 2.45) is 5.73 Å². The van der Waals surface area contributed by atoms with Crippen molar-refractivity contribution in [1.29, 1.82) is 0 Å². The number of nitrogens with two attached hydrogens (primary N) is 1. The minimum Gasteiger partial charge on any atom is -0.320 e. The van der Waals surface area contributed by atoms with Crippen molar-refractivity contribution in [2.75, 3.05) is 6.54 Å². The van der Waals surface area contributed by atoms with Crippen molar-refractivity contribution in [2.45, 2.75) is 33.0 Å². The van der Waals surface area contributed by atoms with Crippen LogP contribution >= 0.6 is 11.3 Å². The van der Waals surface area contributed by atoms with E-state index in [1.54, 1.807) is 0 Å². The van der Waals surface area contributed by atoms with Gasteiger partial charge in [-0.1, -0.05) is 30.0 Å². The smallest absolute Gasteiger partial charge is 0.0555 e. The fourth-order valence-electron chi connectivity index (χ4n) is 2.16. The predicted molar refractivity (Wildman–Crippen MR) is 91.1 cm³/mol. The number of thiophene rings is 1. The van der Waals surface area contributed by atoms with Crippen molar-refractivity contribution in [1.82, 2.24) is 4.90 Å². The van der Waals surface area contributed by atoms with Crippen LogP contribution in [0.1, 0.15) is 29.9 Å². The average Bonchev–Trinajstić information content (AvgIpc) is 2.98. The molecule has 0 bridgehead atoms. The second-order valence-corrected chi connectivity index (χ2v) is 6.32. The number of rotatable bonds is 5. The maximum absolute atomic E-state index is 5.43. The van der Waals surface area contributed by atoms with E-state index >= 15 is 0 Å². The Morgan fingerprint density at radius 1 is 1.19 bits per heavy atom. The lowest BCUT2D eigenvalue weighted by atomic mass is 10.1. The van der Waals surface area contributed by atoms with Gasteiger partial charge in [-0.25, -0.2) is 0 Å². The fourth-order valence-corrected chi connectivity index (χ4v) is 2.89. The van der Waals surface area contributed by atoms with E-state index in [9.17, 15) is 0 Å². The van der Waals surface area contributed by atoms with Crippen LogP contribution in [0.25, 0.3) is 0 Å². The highest BCUT2D eigenvalue weighted by Crippen LogP contribution is 2.17. The Morgan fingerprint density at radius 2 is 2.05 bits per heavy atom.